The van der Waals surface area contributed by atoms with Gasteiger partial charge in [-0.3, -0.25) is 4.99 Å². The molecule has 0 spiro atoms. The van der Waals surface area contributed by atoms with E-state index in [-0.39, 0.29) is 12.1 Å². The summed E-state index contributed by atoms with van der Waals surface area (Å²) >= 11 is 6.37. The molecule has 0 amide bonds. The maximum Gasteiger partial charge on any atom is 0.131 e. The third kappa shape index (κ3) is 2.81. The molecule has 0 saturated carbocycles. The van der Waals surface area contributed by atoms with Gasteiger partial charge in [-0.15, -0.1) is 0 Å². The Bertz CT molecular complexity index is 859. The van der Waals surface area contributed by atoms with Crippen LogP contribution >= 0.6 is 11.6 Å². The summed E-state index contributed by atoms with van der Waals surface area (Å²) in [4.78, 5) is 4.97. The lowest BCUT2D eigenvalue weighted by molar-refractivity contribution is 0.572. The minimum atomic E-state index is 0.0277. The van der Waals surface area contributed by atoms with Crippen LogP contribution in [0.1, 0.15) is 28.8 Å². The zero-order chi connectivity index (χ0) is 16.4. The van der Waals surface area contributed by atoms with E-state index in [0.717, 1.165) is 11.4 Å². The maximum absolute atomic E-state index is 6.37. The second-order valence-electron chi connectivity index (χ2n) is 5.85. The van der Waals surface area contributed by atoms with E-state index in [2.05, 4.69) is 53.8 Å². The lowest BCUT2D eigenvalue weighted by Gasteiger charge is -2.19. The van der Waals surface area contributed by atoms with Crippen molar-refractivity contribution in [1.29, 1.82) is 0 Å². The van der Waals surface area contributed by atoms with Crippen LogP contribution < -0.4 is 5.32 Å². The first kappa shape index (κ1) is 15.0. The molecule has 1 aliphatic rings. The topological polar surface area (TPSA) is 24.4 Å². The first-order valence-corrected chi connectivity index (χ1v) is 8.40. The molecule has 2 atom stereocenters. The number of amidine groups is 1. The fourth-order valence-electron chi connectivity index (χ4n) is 3.12. The van der Waals surface area contributed by atoms with E-state index in [4.69, 9.17) is 16.6 Å². The van der Waals surface area contributed by atoms with Crippen molar-refractivity contribution in [2.75, 3.05) is 0 Å². The molecule has 0 saturated heterocycles. The highest BCUT2D eigenvalue weighted by Crippen LogP contribution is 2.37. The Morgan fingerprint density at radius 1 is 0.708 bits per heavy atom. The molecular weight excluding hydrogens is 316 g/mol. The molecule has 1 N–H and O–H groups in total. The molecule has 0 fully saturated rings. The maximum atomic E-state index is 6.37. The fourth-order valence-corrected chi connectivity index (χ4v) is 3.35. The quantitative estimate of drug-likeness (QED) is 0.702. The van der Waals surface area contributed by atoms with Crippen molar-refractivity contribution in [3.63, 3.8) is 0 Å². The predicted molar refractivity (Wildman–Crippen MR) is 99.5 cm³/mol. The zero-order valence-electron chi connectivity index (χ0n) is 13.1. The van der Waals surface area contributed by atoms with Crippen molar-refractivity contribution in [3.8, 4) is 0 Å². The van der Waals surface area contributed by atoms with Gasteiger partial charge >= 0.3 is 0 Å². The highest BCUT2D eigenvalue weighted by atomic mass is 35.5. The molecule has 0 aromatic heterocycles. The number of halogens is 1. The van der Waals surface area contributed by atoms with Crippen LogP contribution in [0.4, 0.5) is 0 Å². The van der Waals surface area contributed by atoms with Gasteiger partial charge in [-0.05, 0) is 23.3 Å². The van der Waals surface area contributed by atoms with Crippen LogP contribution in [0.5, 0.6) is 0 Å². The number of aliphatic imine (C=N–C) groups is 1. The molecule has 1 aliphatic heterocycles. The minimum absolute atomic E-state index is 0.0277. The van der Waals surface area contributed by atoms with Gasteiger partial charge in [0, 0.05) is 5.56 Å². The Kier molecular flexibility index (Phi) is 4.06. The van der Waals surface area contributed by atoms with Gasteiger partial charge in [0.25, 0.3) is 0 Å². The van der Waals surface area contributed by atoms with Crippen molar-refractivity contribution in [1.82, 2.24) is 5.32 Å². The molecule has 3 aromatic carbocycles. The summed E-state index contributed by atoms with van der Waals surface area (Å²) in [6, 6.07) is 28.8. The Morgan fingerprint density at radius 3 is 1.96 bits per heavy atom. The molecule has 2 nitrogen and oxygen atoms in total. The first-order valence-electron chi connectivity index (χ1n) is 8.02. The largest absolute Gasteiger partial charge is 0.360 e. The van der Waals surface area contributed by atoms with Crippen molar-refractivity contribution in [2.45, 2.75) is 12.1 Å². The standard InChI is InChI=1S/C21H17ClN2/c22-18-14-8-7-13-17(18)21-23-19(15-9-3-1-4-10-15)20(24-21)16-11-5-2-6-12-16/h1-14,19-20H,(H,23,24). The Hall–Kier alpha value is -2.58. The van der Waals surface area contributed by atoms with E-state index in [1.54, 1.807) is 0 Å². The summed E-state index contributed by atoms with van der Waals surface area (Å²) in [5, 5.41) is 4.29. The molecule has 1 heterocycles. The number of nitrogens with one attached hydrogen (secondary N) is 1. The molecule has 4 rings (SSSR count). The summed E-state index contributed by atoms with van der Waals surface area (Å²) in [5.41, 5.74) is 3.36. The molecular formula is C21H17ClN2. The van der Waals surface area contributed by atoms with E-state index < -0.39 is 0 Å². The van der Waals surface area contributed by atoms with Crippen molar-refractivity contribution in [2.24, 2.45) is 4.99 Å². The van der Waals surface area contributed by atoms with Gasteiger partial charge in [0.2, 0.25) is 0 Å². The van der Waals surface area contributed by atoms with Crippen molar-refractivity contribution >= 4 is 17.4 Å². The number of rotatable bonds is 3. The average Bonchev–Trinajstić information content (AvgIpc) is 3.09. The van der Waals surface area contributed by atoms with Crippen LogP contribution in [0.25, 0.3) is 0 Å². The summed E-state index contributed by atoms with van der Waals surface area (Å²) in [6.07, 6.45) is 0. The van der Waals surface area contributed by atoms with Crippen LogP contribution in [0.3, 0.4) is 0 Å². The van der Waals surface area contributed by atoms with E-state index in [9.17, 15) is 0 Å². The van der Waals surface area contributed by atoms with E-state index in [1.807, 2.05) is 36.4 Å². The minimum Gasteiger partial charge on any atom is -0.360 e. The summed E-state index contributed by atoms with van der Waals surface area (Å²) in [5.74, 6) is 0.850. The van der Waals surface area contributed by atoms with Crippen LogP contribution in [0, 0.1) is 0 Å². The Labute approximate surface area is 146 Å². The summed E-state index contributed by atoms with van der Waals surface area (Å²) < 4.78 is 0. The van der Waals surface area contributed by atoms with Crippen LogP contribution in [-0.4, -0.2) is 5.84 Å². The Balaban J connectivity index is 1.77. The molecule has 0 aliphatic carbocycles. The molecule has 0 bridgehead atoms. The monoisotopic (exact) mass is 332 g/mol. The van der Waals surface area contributed by atoms with Gasteiger partial charge in [-0.25, -0.2) is 0 Å². The lowest BCUT2D eigenvalue weighted by Crippen LogP contribution is -2.25. The SMILES string of the molecule is Clc1ccccc1C1=NC(c2ccccc2)C(c2ccccc2)N1. The normalized spacial score (nSPS) is 19.6. The van der Waals surface area contributed by atoms with E-state index in [1.165, 1.54) is 11.1 Å². The second-order valence-corrected chi connectivity index (χ2v) is 6.25. The molecule has 2 unspecified atom stereocenters. The number of hydrogen-bond donors (Lipinski definition) is 1. The van der Waals surface area contributed by atoms with Gasteiger partial charge in [-0.2, -0.15) is 0 Å². The number of nitrogens with zero attached hydrogens (tertiary/aromatic N) is 1. The third-order valence-corrected chi connectivity index (χ3v) is 4.63. The van der Waals surface area contributed by atoms with Crippen LogP contribution in [-0.2, 0) is 0 Å². The molecule has 0 radical (unpaired) electrons. The Morgan fingerprint density at radius 2 is 1.29 bits per heavy atom. The first-order chi connectivity index (χ1) is 11.8. The second kappa shape index (κ2) is 6.50. The highest BCUT2D eigenvalue weighted by molar-refractivity contribution is 6.34. The lowest BCUT2D eigenvalue weighted by atomic mass is 9.95. The number of benzene rings is 3. The van der Waals surface area contributed by atoms with Crippen LogP contribution in [0.2, 0.25) is 5.02 Å². The zero-order valence-corrected chi connectivity index (χ0v) is 13.8. The summed E-state index contributed by atoms with van der Waals surface area (Å²) in [7, 11) is 0. The fraction of sp³-hybridized carbons (Fsp3) is 0.0952. The highest BCUT2D eigenvalue weighted by Gasteiger charge is 2.32. The van der Waals surface area contributed by atoms with Crippen molar-refractivity contribution in [3.05, 3.63) is 107 Å². The average molecular weight is 333 g/mol. The van der Waals surface area contributed by atoms with Crippen LogP contribution in [0.15, 0.2) is 89.9 Å². The van der Waals surface area contributed by atoms with Gasteiger partial charge in [0.15, 0.2) is 0 Å². The predicted octanol–water partition coefficient (Wildman–Crippen LogP) is 5.17. The third-order valence-electron chi connectivity index (χ3n) is 4.30. The molecule has 3 aromatic rings. The smallest absolute Gasteiger partial charge is 0.131 e. The molecule has 118 valence electrons. The molecule has 24 heavy (non-hydrogen) atoms. The van der Waals surface area contributed by atoms with Gasteiger partial charge < -0.3 is 5.32 Å². The van der Waals surface area contributed by atoms with Gasteiger partial charge in [0.1, 0.15) is 11.9 Å². The van der Waals surface area contributed by atoms with E-state index >= 15 is 0 Å². The van der Waals surface area contributed by atoms with Gasteiger partial charge in [-0.1, -0.05) is 84.4 Å². The molecule has 3 heteroatoms. The van der Waals surface area contributed by atoms with E-state index in [0.29, 0.717) is 5.02 Å². The van der Waals surface area contributed by atoms with Gasteiger partial charge in [0.05, 0.1) is 11.1 Å². The number of hydrogen-bond acceptors (Lipinski definition) is 2. The van der Waals surface area contributed by atoms with Crippen molar-refractivity contribution < 1.29 is 0 Å². The summed E-state index contributed by atoms with van der Waals surface area (Å²) in [6.45, 7) is 0.